The van der Waals surface area contributed by atoms with Crippen LogP contribution in [0.2, 0.25) is 0 Å². The molecule has 2 aromatic carbocycles. The number of benzene rings is 2. The molecule has 0 aliphatic rings. The van der Waals surface area contributed by atoms with Gasteiger partial charge in [-0.2, -0.15) is 0 Å². The van der Waals surface area contributed by atoms with Crippen molar-refractivity contribution in [1.82, 2.24) is 9.88 Å². The van der Waals surface area contributed by atoms with Crippen LogP contribution in [0.5, 0.6) is 0 Å². The molecule has 6 heteroatoms. The predicted octanol–water partition coefficient (Wildman–Crippen LogP) is 5.27. The van der Waals surface area contributed by atoms with Crippen molar-refractivity contribution >= 4 is 48.5 Å². The van der Waals surface area contributed by atoms with E-state index >= 15 is 0 Å². The van der Waals surface area contributed by atoms with Crippen molar-refractivity contribution in [2.45, 2.75) is 20.3 Å². The number of amides is 1. The number of aryl methyl sites for hydroxylation is 2. The third-order valence-corrected chi connectivity index (χ3v) is 6.38. The van der Waals surface area contributed by atoms with E-state index in [9.17, 15) is 4.79 Å². The van der Waals surface area contributed by atoms with Gasteiger partial charge in [0, 0.05) is 11.0 Å². The fraction of sp³-hybridized carbons (Fsp3) is 0.333. The number of hydrogen-bond donors (Lipinski definition) is 0. The first-order chi connectivity index (χ1) is 12.9. The number of fused-ring (bicyclic) bond motifs is 1. The lowest BCUT2D eigenvalue weighted by atomic mass is 10.1. The number of thiazole rings is 1. The van der Waals surface area contributed by atoms with Gasteiger partial charge in [-0.05, 0) is 86.2 Å². The summed E-state index contributed by atoms with van der Waals surface area (Å²) in [5.74, 6) is -0.0188. The summed E-state index contributed by atoms with van der Waals surface area (Å²) in [4.78, 5) is 22.1. The number of anilines is 1. The van der Waals surface area contributed by atoms with E-state index in [0.29, 0.717) is 12.1 Å². The van der Waals surface area contributed by atoms with Crippen molar-refractivity contribution in [2.24, 2.45) is 0 Å². The molecule has 1 amide bonds. The standard InChI is InChI=1S/C21H24BrN3OS/c1-14-10-11-18-19(15(14)2)23-21(27-18)25(13-7-12-24(3)4)20(26)16-8-5-6-9-17(16)22/h5-6,8-11H,7,12-13H2,1-4H3. The first-order valence-corrected chi connectivity index (χ1v) is 10.6. The molecule has 0 aliphatic carbocycles. The van der Waals surface area contributed by atoms with Crippen LogP contribution in [0.4, 0.5) is 5.13 Å². The monoisotopic (exact) mass is 445 g/mol. The average molecular weight is 446 g/mol. The van der Waals surface area contributed by atoms with Crippen LogP contribution in [0.3, 0.4) is 0 Å². The van der Waals surface area contributed by atoms with Gasteiger partial charge in [0.05, 0.1) is 15.8 Å². The van der Waals surface area contributed by atoms with Crippen LogP contribution in [0.1, 0.15) is 27.9 Å². The Labute approximate surface area is 172 Å². The fourth-order valence-corrected chi connectivity index (χ4v) is 4.44. The SMILES string of the molecule is Cc1ccc2sc(N(CCCN(C)C)C(=O)c3ccccc3Br)nc2c1C. The highest BCUT2D eigenvalue weighted by molar-refractivity contribution is 9.10. The summed E-state index contributed by atoms with van der Waals surface area (Å²) in [5.41, 5.74) is 4.05. The van der Waals surface area contributed by atoms with E-state index in [1.807, 2.05) is 43.3 Å². The number of halogens is 1. The molecule has 0 atom stereocenters. The van der Waals surface area contributed by atoms with Crippen LogP contribution in [-0.4, -0.2) is 43.0 Å². The number of nitrogens with zero attached hydrogens (tertiary/aromatic N) is 3. The minimum atomic E-state index is -0.0188. The minimum Gasteiger partial charge on any atom is -0.309 e. The largest absolute Gasteiger partial charge is 0.309 e. The first-order valence-electron chi connectivity index (χ1n) is 8.96. The number of rotatable bonds is 6. The van der Waals surface area contributed by atoms with Gasteiger partial charge in [0.25, 0.3) is 5.91 Å². The molecule has 0 radical (unpaired) electrons. The highest BCUT2D eigenvalue weighted by atomic mass is 79.9. The molecule has 0 saturated heterocycles. The third kappa shape index (κ3) is 4.39. The Balaban J connectivity index is 2.00. The van der Waals surface area contributed by atoms with Crippen molar-refractivity contribution in [3.05, 3.63) is 57.6 Å². The molecule has 0 bridgehead atoms. The van der Waals surface area contributed by atoms with Crippen molar-refractivity contribution in [3.63, 3.8) is 0 Å². The molecule has 0 unspecified atom stereocenters. The van der Waals surface area contributed by atoms with Crippen LogP contribution >= 0.6 is 27.3 Å². The summed E-state index contributed by atoms with van der Waals surface area (Å²) in [6, 6.07) is 11.8. The van der Waals surface area contributed by atoms with Crippen LogP contribution in [0.25, 0.3) is 10.2 Å². The molecule has 3 rings (SSSR count). The number of carbonyl (C=O) groups is 1. The smallest absolute Gasteiger partial charge is 0.261 e. The molecule has 0 N–H and O–H groups in total. The lowest BCUT2D eigenvalue weighted by Gasteiger charge is -2.21. The third-order valence-electron chi connectivity index (χ3n) is 4.64. The van der Waals surface area contributed by atoms with E-state index in [1.54, 1.807) is 11.3 Å². The van der Waals surface area contributed by atoms with Crippen molar-refractivity contribution < 1.29 is 4.79 Å². The molecule has 0 spiro atoms. The van der Waals surface area contributed by atoms with Gasteiger partial charge in [-0.1, -0.05) is 29.5 Å². The molecule has 142 valence electrons. The van der Waals surface area contributed by atoms with Crippen molar-refractivity contribution in [2.75, 3.05) is 32.1 Å². The number of carbonyl (C=O) groups excluding carboxylic acids is 1. The Morgan fingerprint density at radius 3 is 2.56 bits per heavy atom. The lowest BCUT2D eigenvalue weighted by molar-refractivity contribution is 0.0985. The van der Waals surface area contributed by atoms with Crippen LogP contribution in [-0.2, 0) is 0 Å². The number of hydrogen-bond acceptors (Lipinski definition) is 4. The maximum atomic E-state index is 13.3. The van der Waals surface area contributed by atoms with Gasteiger partial charge in [-0.25, -0.2) is 4.98 Å². The average Bonchev–Trinajstić information content (AvgIpc) is 3.06. The second-order valence-electron chi connectivity index (χ2n) is 6.94. The molecule has 4 nitrogen and oxygen atoms in total. The molecule has 0 saturated carbocycles. The molecule has 0 fully saturated rings. The summed E-state index contributed by atoms with van der Waals surface area (Å²) in [5, 5.41) is 0.762. The van der Waals surface area contributed by atoms with Gasteiger partial charge in [0.2, 0.25) is 0 Å². The zero-order valence-electron chi connectivity index (χ0n) is 16.1. The second kappa shape index (κ2) is 8.50. The molecular weight excluding hydrogens is 422 g/mol. The van der Waals surface area contributed by atoms with Crippen LogP contribution in [0, 0.1) is 13.8 Å². The normalized spacial score (nSPS) is 11.3. The maximum absolute atomic E-state index is 13.3. The van der Waals surface area contributed by atoms with E-state index in [1.165, 1.54) is 11.1 Å². The van der Waals surface area contributed by atoms with Crippen LogP contribution < -0.4 is 4.90 Å². The quantitative estimate of drug-likeness (QED) is 0.517. The Kier molecular flexibility index (Phi) is 6.29. The van der Waals surface area contributed by atoms with E-state index in [4.69, 9.17) is 4.98 Å². The molecule has 0 aliphatic heterocycles. The van der Waals surface area contributed by atoms with E-state index in [-0.39, 0.29) is 5.91 Å². The van der Waals surface area contributed by atoms with Gasteiger partial charge in [-0.3, -0.25) is 9.69 Å². The molecule has 3 aromatic rings. The highest BCUT2D eigenvalue weighted by Crippen LogP contribution is 2.33. The summed E-state index contributed by atoms with van der Waals surface area (Å²) in [7, 11) is 4.09. The molecule has 27 heavy (non-hydrogen) atoms. The summed E-state index contributed by atoms with van der Waals surface area (Å²) >= 11 is 5.09. The zero-order valence-corrected chi connectivity index (χ0v) is 18.5. The Bertz CT molecular complexity index is 967. The molecule has 1 aromatic heterocycles. The highest BCUT2D eigenvalue weighted by Gasteiger charge is 2.23. The van der Waals surface area contributed by atoms with Gasteiger partial charge < -0.3 is 4.90 Å². The van der Waals surface area contributed by atoms with Crippen molar-refractivity contribution in [3.8, 4) is 0 Å². The van der Waals surface area contributed by atoms with E-state index < -0.39 is 0 Å². The summed E-state index contributed by atoms with van der Waals surface area (Å²) in [6.45, 7) is 5.74. The van der Waals surface area contributed by atoms with E-state index in [2.05, 4.69) is 46.8 Å². The molecular formula is C21H24BrN3OS. The van der Waals surface area contributed by atoms with Gasteiger partial charge in [0.1, 0.15) is 0 Å². The summed E-state index contributed by atoms with van der Waals surface area (Å²) < 4.78 is 1.92. The van der Waals surface area contributed by atoms with E-state index in [0.717, 1.165) is 32.8 Å². The molecule has 1 heterocycles. The van der Waals surface area contributed by atoms with Crippen LogP contribution in [0.15, 0.2) is 40.9 Å². The fourth-order valence-electron chi connectivity index (χ4n) is 2.94. The zero-order chi connectivity index (χ0) is 19.6. The lowest BCUT2D eigenvalue weighted by Crippen LogP contribution is -2.33. The number of aromatic nitrogens is 1. The summed E-state index contributed by atoms with van der Waals surface area (Å²) in [6.07, 6.45) is 0.886. The Morgan fingerprint density at radius 2 is 1.85 bits per heavy atom. The van der Waals surface area contributed by atoms with Crippen molar-refractivity contribution in [1.29, 1.82) is 0 Å². The minimum absolute atomic E-state index is 0.0188. The van der Waals surface area contributed by atoms with Gasteiger partial charge >= 0.3 is 0 Å². The maximum Gasteiger partial charge on any atom is 0.261 e. The Morgan fingerprint density at radius 1 is 1.11 bits per heavy atom. The second-order valence-corrected chi connectivity index (χ2v) is 8.81. The first kappa shape index (κ1) is 20.0. The predicted molar refractivity (Wildman–Crippen MR) is 118 cm³/mol. The van der Waals surface area contributed by atoms with Gasteiger partial charge in [0.15, 0.2) is 5.13 Å². The topological polar surface area (TPSA) is 36.4 Å². The Hall–Kier alpha value is -1.76. The van der Waals surface area contributed by atoms with Gasteiger partial charge in [-0.15, -0.1) is 0 Å².